The summed E-state index contributed by atoms with van der Waals surface area (Å²) in [5, 5.41) is 12.1. The number of amides is 3. The predicted molar refractivity (Wildman–Crippen MR) is 138 cm³/mol. The summed E-state index contributed by atoms with van der Waals surface area (Å²) < 4.78 is 5.49. The van der Waals surface area contributed by atoms with Gasteiger partial charge in [-0.3, -0.25) is 14.5 Å². The molecule has 0 spiro atoms. The molecule has 3 aliphatic carbocycles. The molecular weight excluding hydrogens is 484 g/mol. The minimum atomic E-state index is -1.15. The monoisotopic (exact) mass is 514 g/mol. The third kappa shape index (κ3) is 4.08. The lowest BCUT2D eigenvalue weighted by molar-refractivity contribution is -0.142. The Balaban J connectivity index is 0.994. The fourth-order valence-electron chi connectivity index (χ4n) is 6.84. The Bertz CT molecular complexity index is 1260. The molecule has 1 heterocycles. The van der Waals surface area contributed by atoms with Gasteiger partial charge in [-0.25, -0.2) is 9.59 Å². The summed E-state index contributed by atoms with van der Waals surface area (Å²) in [6, 6.07) is 14.9. The van der Waals surface area contributed by atoms with Gasteiger partial charge in [0.2, 0.25) is 11.8 Å². The average Bonchev–Trinajstić information content (AvgIpc) is 3.67. The molecule has 1 aliphatic heterocycles. The van der Waals surface area contributed by atoms with Gasteiger partial charge in [-0.15, -0.1) is 0 Å². The number of benzene rings is 2. The minimum Gasteiger partial charge on any atom is -0.480 e. The summed E-state index contributed by atoms with van der Waals surface area (Å²) in [7, 11) is 0. The third-order valence-electron chi connectivity index (χ3n) is 8.62. The zero-order chi connectivity index (χ0) is 26.4. The summed E-state index contributed by atoms with van der Waals surface area (Å²) in [5.74, 6) is -1.56. The number of carbonyl (C=O) groups is 4. The number of fused-ring (bicyclic) bond motifs is 8. The van der Waals surface area contributed by atoms with Crippen molar-refractivity contribution in [1.29, 1.82) is 0 Å². The van der Waals surface area contributed by atoms with E-state index in [1.807, 2.05) is 48.5 Å². The number of nitrogens with zero attached hydrogens (tertiary/aromatic N) is 1. The average molecular weight is 515 g/mol. The number of carbonyl (C=O) groups excluding carboxylic acids is 3. The van der Waals surface area contributed by atoms with Crippen LogP contribution >= 0.6 is 0 Å². The van der Waals surface area contributed by atoms with Crippen molar-refractivity contribution in [1.82, 2.24) is 10.2 Å². The Morgan fingerprint density at radius 2 is 1.50 bits per heavy atom. The number of hydrogen-bond acceptors (Lipinski definition) is 5. The van der Waals surface area contributed by atoms with Crippen LogP contribution in [0, 0.1) is 23.7 Å². The van der Waals surface area contributed by atoms with Crippen molar-refractivity contribution in [3.8, 4) is 11.1 Å². The van der Waals surface area contributed by atoms with E-state index in [1.165, 1.54) is 4.90 Å². The van der Waals surface area contributed by atoms with Gasteiger partial charge < -0.3 is 15.2 Å². The molecule has 2 fully saturated rings. The molecule has 6 rings (SSSR count). The largest absolute Gasteiger partial charge is 0.480 e. The molecule has 8 nitrogen and oxygen atoms in total. The van der Waals surface area contributed by atoms with Gasteiger partial charge in [0.05, 0.1) is 11.8 Å². The Kier molecular flexibility index (Phi) is 6.26. The maximum Gasteiger partial charge on any atom is 0.407 e. The van der Waals surface area contributed by atoms with E-state index >= 15 is 0 Å². The van der Waals surface area contributed by atoms with E-state index in [4.69, 9.17) is 4.74 Å². The second-order valence-corrected chi connectivity index (χ2v) is 10.7. The molecule has 38 heavy (non-hydrogen) atoms. The van der Waals surface area contributed by atoms with Gasteiger partial charge in [0.1, 0.15) is 12.6 Å². The first-order valence-corrected chi connectivity index (χ1v) is 13.3. The fraction of sp³-hybridized carbons (Fsp3) is 0.400. The molecule has 3 amide bonds. The Morgan fingerprint density at radius 1 is 0.921 bits per heavy atom. The van der Waals surface area contributed by atoms with Gasteiger partial charge in [0.15, 0.2) is 0 Å². The number of ether oxygens (including phenoxy) is 1. The summed E-state index contributed by atoms with van der Waals surface area (Å²) >= 11 is 0. The van der Waals surface area contributed by atoms with Crippen molar-refractivity contribution in [2.45, 2.75) is 37.6 Å². The Hall–Kier alpha value is -3.94. The van der Waals surface area contributed by atoms with Crippen LogP contribution in [0.3, 0.4) is 0 Å². The summed E-state index contributed by atoms with van der Waals surface area (Å²) in [6.07, 6.45) is 5.34. The second-order valence-electron chi connectivity index (χ2n) is 10.7. The minimum absolute atomic E-state index is 0.0941. The van der Waals surface area contributed by atoms with Gasteiger partial charge in [-0.2, -0.15) is 0 Å². The lowest BCUT2D eigenvalue weighted by atomic mass is 9.85. The molecule has 1 saturated carbocycles. The zero-order valence-electron chi connectivity index (χ0n) is 20.9. The van der Waals surface area contributed by atoms with Crippen LogP contribution in [0.4, 0.5) is 4.79 Å². The van der Waals surface area contributed by atoms with E-state index < -0.39 is 18.1 Å². The summed E-state index contributed by atoms with van der Waals surface area (Å²) in [5.41, 5.74) is 4.39. The van der Waals surface area contributed by atoms with Gasteiger partial charge in [-0.1, -0.05) is 60.7 Å². The molecule has 0 radical (unpaired) electrons. The van der Waals surface area contributed by atoms with Crippen LogP contribution in [0.2, 0.25) is 0 Å². The number of aliphatic carboxylic acids is 1. The van der Waals surface area contributed by atoms with Crippen molar-refractivity contribution >= 4 is 23.9 Å². The van der Waals surface area contributed by atoms with Crippen LogP contribution in [0.15, 0.2) is 60.7 Å². The Labute approximate surface area is 220 Å². The summed E-state index contributed by atoms with van der Waals surface area (Å²) in [6.45, 7) is 0.381. The molecule has 5 atom stereocenters. The van der Waals surface area contributed by atoms with Crippen LogP contribution in [-0.2, 0) is 19.1 Å². The summed E-state index contributed by atoms with van der Waals surface area (Å²) in [4.78, 5) is 51.3. The van der Waals surface area contributed by atoms with Crippen LogP contribution < -0.4 is 5.32 Å². The standard InChI is InChI=1S/C30H30N2O6/c33-27-25-17-12-13-18(15-17)26(25)28(34)32(27)14-6-5-11-24(29(35)36)31-30(37)38-16-23-21-9-3-1-7-19(21)20-8-2-4-10-22(20)23/h1-4,7-10,12-13,17-18,23-26H,5-6,11,14-16H2,(H,31,37)(H,35,36). The molecule has 2 aromatic carbocycles. The normalized spacial score (nSPS) is 25.3. The fourth-order valence-corrected chi connectivity index (χ4v) is 6.84. The number of alkyl carbamates (subject to hydrolysis) is 1. The zero-order valence-corrected chi connectivity index (χ0v) is 20.9. The lowest BCUT2D eigenvalue weighted by Gasteiger charge is -2.19. The SMILES string of the molecule is O=C(NC(CCCCN1C(=O)C2C3C=CC(C3)C2C1=O)C(=O)O)OCC1c2ccccc2-c2ccccc21. The molecule has 5 unspecified atom stereocenters. The van der Waals surface area contributed by atoms with Gasteiger partial charge >= 0.3 is 12.1 Å². The van der Waals surface area contributed by atoms with Crippen LogP contribution in [0.5, 0.6) is 0 Å². The van der Waals surface area contributed by atoms with Gasteiger partial charge in [0, 0.05) is 12.5 Å². The van der Waals surface area contributed by atoms with E-state index in [0.717, 1.165) is 28.7 Å². The molecule has 8 heteroatoms. The third-order valence-corrected chi connectivity index (χ3v) is 8.62. The first-order chi connectivity index (χ1) is 18.4. The van der Waals surface area contributed by atoms with Crippen molar-refractivity contribution in [3.63, 3.8) is 0 Å². The maximum absolute atomic E-state index is 12.8. The number of likely N-dealkylation sites (tertiary alicyclic amines) is 1. The highest BCUT2D eigenvalue weighted by Gasteiger charge is 2.58. The van der Waals surface area contributed by atoms with Crippen molar-refractivity contribution in [3.05, 3.63) is 71.8 Å². The first kappa shape index (κ1) is 24.4. The maximum atomic E-state index is 12.8. The number of imide groups is 1. The van der Waals surface area contributed by atoms with Crippen LogP contribution in [-0.4, -0.2) is 53.1 Å². The highest BCUT2D eigenvalue weighted by molar-refractivity contribution is 6.06. The second kappa shape index (κ2) is 9.74. The number of allylic oxidation sites excluding steroid dienone is 2. The van der Waals surface area contributed by atoms with Crippen LogP contribution in [0.1, 0.15) is 42.7 Å². The predicted octanol–water partition coefficient (Wildman–Crippen LogP) is 3.96. The highest BCUT2D eigenvalue weighted by atomic mass is 16.5. The number of nitrogens with one attached hydrogen (secondary N) is 1. The van der Waals surface area contributed by atoms with E-state index in [2.05, 4.69) is 17.5 Å². The van der Waals surface area contributed by atoms with E-state index in [1.54, 1.807) is 0 Å². The van der Waals surface area contributed by atoms with E-state index in [9.17, 15) is 24.3 Å². The van der Waals surface area contributed by atoms with Crippen molar-refractivity contribution in [2.75, 3.05) is 13.2 Å². The molecular formula is C30H30N2O6. The molecule has 196 valence electrons. The molecule has 2 N–H and O–H groups in total. The number of carboxylic acid groups (broad SMARTS) is 1. The molecule has 0 aromatic heterocycles. The van der Waals surface area contributed by atoms with Crippen molar-refractivity contribution in [2.24, 2.45) is 23.7 Å². The molecule has 2 aromatic rings. The van der Waals surface area contributed by atoms with Crippen molar-refractivity contribution < 1.29 is 29.0 Å². The van der Waals surface area contributed by atoms with Gasteiger partial charge in [0.25, 0.3) is 0 Å². The Morgan fingerprint density at radius 3 is 2.08 bits per heavy atom. The topological polar surface area (TPSA) is 113 Å². The number of unbranched alkanes of at least 4 members (excludes halogenated alkanes) is 1. The molecule has 2 bridgehead atoms. The highest BCUT2D eigenvalue weighted by Crippen LogP contribution is 2.52. The lowest BCUT2D eigenvalue weighted by Crippen LogP contribution is -2.41. The van der Waals surface area contributed by atoms with E-state index in [-0.39, 0.29) is 61.0 Å². The van der Waals surface area contributed by atoms with E-state index in [0.29, 0.717) is 12.8 Å². The smallest absolute Gasteiger partial charge is 0.407 e. The number of rotatable bonds is 9. The molecule has 1 saturated heterocycles. The quantitative estimate of drug-likeness (QED) is 0.298. The number of hydrogen-bond donors (Lipinski definition) is 2. The van der Waals surface area contributed by atoms with Gasteiger partial charge in [-0.05, 0) is 59.8 Å². The molecule has 4 aliphatic rings. The van der Waals surface area contributed by atoms with Crippen LogP contribution in [0.25, 0.3) is 11.1 Å². The first-order valence-electron chi connectivity index (χ1n) is 13.3. The number of carboxylic acids is 1.